The summed E-state index contributed by atoms with van der Waals surface area (Å²) in [6, 6.07) is 8.09. The van der Waals surface area contributed by atoms with Gasteiger partial charge in [-0.3, -0.25) is 14.9 Å². The Kier molecular flexibility index (Phi) is 6.99. The SMILES string of the molecule is COC(=O)COc1c(Cl)cc(/C=C2\C(=O)NC(=O)N(c3ccc(Cl)cc3)C2=O)cc1Br. The van der Waals surface area contributed by atoms with Crippen LogP contribution in [-0.2, 0) is 19.1 Å². The maximum absolute atomic E-state index is 12.9. The molecule has 8 nitrogen and oxygen atoms in total. The van der Waals surface area contributed by atoms with Crippen molar-refractivity contribution < 1.29 is 28.7 Å². The van der Waals surface area contributed by atoms with Crippen molar-refractivity contribution >= 4 is 74.7 Å². The number of methoxy groups -OCH3 is 1. The molecule has 1 saturated heterocycles. The quantitative estimate of drug-likeness (QED) is 0.358. The molecule has 31 heavy (non-hydrogen) atoms. The standard InChI is InChI=1S/C20H13BrCl2N2O6/c1-30-16(26)9-31-17-14(21)7-10(8-15(17)23)6-13-18(27)24-20(29)25(19(13)28)12-4-2-11(22)3-5-12/h2-8H,9H2,1H3,(H,24,27,29)/b13-6+. The predicted molar refractivity (Wildman–Crippen MR) is 117 cm³/mol. The van der Waals surface area contributed by atoms with Gasteiger partial charge in [-0.05, 0) is 64.0 Å². The van der Waals surface area contributed by atoms with Gasteiger partial charge in [0.05, 0.1) is 22.3 Å². The first-order chi connectivity index (χ1) is 14.7. The number of imide groups is 2. The third-order valence-corrected chi connectivity index (χ3v) is 5.20. The number of carbonyl (C=O) groups excluding carboxylic acids is 4. The average Bonchev–Trinajstić information content (AvgIpc) is 2.71. The molecule has 2 aromatic carbocycles. The summed E-state index contributed by atoms with van der Waals surface area (Å²) in [5, 5.41) is 2.68. The number of ether oxygens (including phenoxy) is 2. The number of barbiturate groups is 1. The van der Waals surface area contributed by atoms with E-state index in [1.165, 1.54) is 49.6 Å². The molecular formula is C20H13BrCl2N2O6. The highest BCUT2D eigenvalue weighted by atomic mass is 79.9. The van der Waals surface area contributed by atoms with Crippen molar-refractivity contribution in [2.24, 2.45) is 0 Å². The van der Waals surface area contributed by atoms with Gasteiger partial charge >= 0.3 is 12.0 Å². The van der Waals surface area contributed by atoms with Crippen LogP contribution in [0.5, 0.6) is 5.75 Å². The molecule has 3 rings (SSSR count). The van der Waals surface area contributed by atoms with Gasteiger partial charge in [0.1, 0.15) is 5.57 Å². The van der Waals surface area contributed by atoms with E-state index < -0.39 is 23.8 Å². The molecule has 1 heterocycles. The number of benzene rings is 2. The van der Waals surface area contributed by atoms with Gasteiger partial charge in [-0.15, -0.1) is 0 Å². The molecule has 1 fully saturated rings. The van der Waals surface area contributed by atoms with Gasteiger partial charge in [0, 0.05) is 5.02 Å². The van der Waals surface area contributed by atoms with Crippen molar-refractivity contribution in [2.75, 3.05) is 18.6 Å². The molecule has 0 aromatic heterocycles. The van der Waals surface area contributed by atoms with E-state index in [1.807, 2.05) is 0 Å². The second kappa shape index (κ2) is 9.51. The van der Waals surface area contributed by atoms with Crippen molar-refractivity contribution in [1.82, 2.24) is 5.32 Å². The molecule has 4 amide bonds. The van der Waals surface area contributed by atoms with E-state index in [1.54, 1.807) is 0 Å². The first-order valence-electron chi connectivity index (χ1n) is 8.57. The summed E-state index contributed by atoms with van der Waals surface area (Å²) in [7, 11) is 1.22. The third-order valence-electron chi connectivity index (χ3n) is 4.08. The van der Waals surface area contributed by atoms with Gasteiger partial charge in [-0.2, -0.15) is 0 Å². The van der Waals surface area contributed by atoms with E-state index >= 15 is 0 Å². The average molecular weight is 528 g/mol. The van der Waals surface area contributed by atoms with Crippen LogP contribution in [0.25, 0.3) is 6.08 Å². The Balaban J connectivity index is 1.93. The van der Waals surface area contributed by atoms with Gasteiger partial charge in [-0.1, -0.05) is 23.2 Å². The lowest BCUT2D eigenvalue weighted by atomic mass is 10.1. The molecule has 1 aliphatic heterocycles. The number of nitrogens with zero attached hydrogens (tertiary/aromatic N) is 1. The van der Waals surface area contributed by atoms with Gasteiger partial charge in [0.15, 0.2) is 12.4 Å². The summed E-state index contributed by atoms with van der Waals surface area (Å²) in [6.07, 6.45) is 1.29. The zero-order valence-corrected chi connectivity index (χ0v) is 18.9. The van der Waals surface area contributed by atoms with Gasteiger partial charge in [0.2, 0.25) is 0 Å². The second-order valence-electron chi connectivity index (χ2n) is 6.11. The highest BCUT2D eigenvalue weighted by Gasteiger charge is 2.36. The molecule has 0 radical (unpaired) electrons. The van der Waals surface area contributed by atoms with E-state index in [0.717, 1.165) is 4.90 Å². The van der Waals surface area contributed by atoms with Crippen LogP contribution in [0.2, 0.25) is 10.0 Å². The third kappa shape index (κ3) is 5.07. The van der Waals surface area contributed by atoms with E-state index in [0.29, 0.717) is 15.1 Å². The molecule has 0 saturated carbocycles. The largest absolute Gasteiger partial charge is 0.479 e. The van der Waals surface area contributed by atoms with Crippen LogP contribution in [0.4, 0.5) is 10.5 Å². The lowest BCUT2D eigenvalue weighted by Gasteiger charge is -2.26. The normalized spacial score (nSPS) is 15.2. The smallest absolute Gasteiger partial charge is 0.343 e. The molecule has 1 aliphatic rings. The topological polar surface area (TPSA) is 102 Å². The molecule has 160 valence electrons. The van der Waals surface area contributed by atoms with Crippen molar-refractivity contribution in [3.05, 3.63) is 62.1 Å². The molecule has 0 bridgehead atoms. The Morgan fingerprint density at radius 1 is 1.16 bits per heavy atom. The predicted octanol–water partition coefficient (Wildman–Crippen LogP) is 3.97. The van der Waals surface area contributed by atoms with Crippen molar-refractivity contribution in [3.63, 3.8) is 0 Å². The van der Waals surface area contributed by atoms with Crippen LogP contribution in [0.15, 0.2) is 46.4 Å². The number of anilines is 1. The highest BCUT2D eigenvalue weighted by molar-refractivity contribution is 9.10. The summed E-state index contributed by atoms with van der Waals surface area (Å²) >= 11 is 15.3. The molecule has 11 heteroatoms. The van der Waals surface area contributed by atoms with Crippen LogP contribution in [0, 0.1) is 0 Å². The van der Waals surface area contributed by atoms with E-state index in [4.69, 9.17) is 27.9 Å². The van der Waals surface area contributed by atoms with E-state index in [-0.39, 0.29) is 28.6 Å². The maximum Gasteiger partial charge on any atom is 0.343 e. The summed E-state index contributed by atoms with van der Waals surface area (Å²) in [5.74, 6) is -2.06. The number of hydrogen-bond acceptors (Lipinski definition) is 6. The van der Waals surface area contributed by atoms with E-state index in [2.05, 4.69) is 26.0 Å². The number of nitrogens with one attached hydrogen (secondary N) is 1. The number of rotatable bonds is 5. The molecule has 0 aliphatic carbocycles. The van der Waals surface area contributed by atoms with Crippen molar-refractivity contribution in [3.8, 4) is 5.75 Å². The number of carbonyl (C=O) groups is 4. The van der Waals surface area contributed by atoms with Gasteiger partial charge < -0.3 is 9.47 Å². The number of halogens is 3. The molecule has 2 aromatic rings. The first kappa shape index (κ1) is 22.8. The second-order valence-corrected chi connectivity index (χ2v) is 7.81. The fraction of sp³-hybridized carbons (Fsp3) is 0.100. The Morgan fingerprint density at radius 3 is 2.45 bits per heavy atom. The summed E-state index contributed by atoms with van der Waals surface area (Å²) < 4.78 is 10.2. The monoisotopic (exact) mass is 526 g/mol. The lowest BCUT2D eigenvalue weighted by Crippen LogP contribution is -2.54. The Labute approximate surface area is 194 Å². The Morgan fingerprint density at radius 2 is 1.84 bits per heavy atom. The number of urea groups is 1. The fourth-order valence-electron chi connectivity index (χ4n) is 2.64. The molecule has 1 N–H and O–H groups in total. The molecular weight excluding hydrogens is 515 g/mol. The van der Waals surface area contributed by atoms with Crippen LogP contribution < -0.4 is 15.0 Å². The van der Waals surface area contributed by atoms with Gasteiger partial charge in [0.25, 0.3) is 11.8 Å². The molecule has 0 unspecified atom stereocenters. The highest BCUT2D eigenvalue weighted by Crippen LogP contribution is 2.35. The van der Waals surface area contributed by atoms with Crippen molar-refractivity contribution in [2.45, 2.75) is 0 Å². The summed E-state index contributed by atoms with van der Waals surface area (Å²) in [6.45, 7) is -0.353. The molecule has 0 atom stereocenters. The minimum atomic E-state index is -0.875. The number of hydrogen-bond donors (Lipinski definition) is 1. The van der Waals surface area contributed by atoms with Crippen LogP contribution >= 0.6 is 39.1 Å². The first-order valence-corrected chi connectivity index (χ1v) is 10.1. The maximum atomic E-state index is 12.9. The van der Waals surface area contributed by atoms with Gasteiger partial charge in [-0.25, -0.2) is 14.5 Å². The van der Waals surface area contributed by atoms with Crippen LogP contribution in [-0.4, -0.2) is 37.5 Å². The minimum Gasteiger partial charge on any atom is -0.479 e. The minimum absolute atomic E-state index is 0.124. The number of amides is 4. The fourth-order valence-corrected chi connectivity index (χ4v) is 3.75. The lowest BCUT2D eigenvalue weighted by molar-refractivity contribution is -0.143. The summed E-state index contributed by atoms with van der Waals surface area (Å²) in [4.78, 5) is 49.5. The summed E-state index contributed by atoms with van der Waals surface area (Å²) in [5.41, 5.74) is 0.350. The Bertz CT molecular complexity index is 1090. The van der Waals surface area contributed by atoms with E-state index in [9.17, 15) is 19.2 Å². The van der Waals surface area contributed by atoms with Crippen LogP contribution in [0.1, 0.15) is 5.56 Å². The molecule has 0 spiro atoms. The Hall–Kier alpha value is -2.88. The van der Waals surface area contributed by atoms with Crippen LogP contribution in [0.3, 0.4) is 0 Å². The number of esters is 1. The van der Waals surface area contributed by atoms with Crippen molar-refractivity contribution in [1.29, 1.82) is 0 Å². The zero-order chi connectivity index (χ0) is 22.7. The zero-order valence-electron chi connectivity index (χ0n) is 15.8.